The molecule has 0 spiro atoms. The summed E-state index contributed by atoms with van der Waals surface area (Å²) in [4.78, 5) is 12.5. The molecule has 2 aromatic rings. The summed E-state index contributed by atoms with van der Waals surface area (Å²) < 4.78 is 4.91. The fourth-order valence-electron chi connectivity index (χ4n) is 3.19. The zero-order chi connectivity index (χ0) is 19.3. The van der Waals surface area contributed by atoms with Gasteiger partial charge in [0.2, 0.25) is 0 Å². The van der Waals surface area contributed by atoms with E-state index in [1.54, 1.807) is 0 Å². The van der Waals surface area contributed by atoms with Gasteiger partial charge in [-0.3, -0.25) is 4.79 Å². The van der Waals surface area contributed by atoms with Crippen molar-refractivity contribution in [3.05, 3.63) is 54.6 Å². The molecular formula is C22H31N3O2. The highest BCUT2D eigenvalue weighted by Gasteiger charge is 2.18. The highest BCUT2D eigenvalue weighted by atomic mass is 16.5. The van der Waals surface area contributed by atoms with Crippen molar-refractivity contribution in [3.63, 3.8) is 0 Å². The first-order chi connectivity index (χ1) is 13.3. The first kappa shape index (κ1) is 20.9. The van der Waals surface area contributed by atoms with Crippen LogP contribution < -0.4 is 10.6 Å². The van der Waals surface area contributed by atoms with E-state index < -0.39 is 0 Å². The largest absolute Gasteiger partial charge is 0.464 e. The van der Waals surface area contributed by atoms with Gasteiger partial charge in [-0.2, -0.15) is 0 Å². The third-order valence-corrected chi connectivity index (χ3v) is 4.74. The lowest BCUT2D eigenvalue weighted by atomic mass is 10.0. The number of carbonyl (C=O) groups is 1. The highest BCUT2D eigenvalue weighted by Crippen LogP contribution is 2.26. The molecule has 2 N–H and O–H groups in total. The fraction of sp³-hybridized carbons (Fsp3) is 0.409. The second kappa shape index (κ2) is 12.1. The van der Waals surface area contributed by atoms with Crippen LogP contribution >= 0.6 is 0 Å². The third-order valence-electron chi connectivity index (χ3n) is 4.74. The molecular weight excluding hydrogens is 338 g/mol. The Morgan fingerprint density at radius 3 is 2.33 bits per heavy atom. The molecule has 146 valence electrons. The Hall–Kier alpha value is -2.37. The molecule has 0 atom stereocenters. The maximum atomic E-state index is 10.1. The smallest absolute Gasteiger partial charge is 0.293 e. The standard InChI is InChI=1S/C13H13N.C9H18N2O2/c1-14-13-10-6-5-9-12(13)11-7-3-2-4-8-11;1-10-4-7-11-5-2-9(3-6-11)13-8-12/h2-10,14H,1H3;8-10H,2-7H2,1H3. The molecule has 1 aliphatic rings. The molecule has 0 bridgehead atoms. The van der Waals surface area contributed by atoms with Gasteiger partial charge in [0.25, 0.3) is 6.47 Å². The van der Waals surface area contributed by atoms with Gasteiger partial charge in [-0.05, 0) is 31.5 Å². The Balaban J connectivity index is 0.000000194. The van der Waals surface area contributed by atoms with Crippen LogP contribution in [0.4, 0.5) is 5.69 Å². The Morgan fingerprint density at radius 2 is 1.70 bits per heavy atom. The number of hydrogen-bond donors (Lipinski definition) is 2. The van der Waals surface area contributed by atoms with Crippen molar-refractivity contribution in [3.8, 4) is 11.1 Å². The van der Waals surface area contributed by atoms with Crippen molar-refractivity contribution in [2.45, 2.75) is 18.9 Å². The summed E-state index contributed by atoms with van der Waals surface area (Å²) in [5.74, 6) is 0. The fourth-order valence-corrected chi connectivity index (χ4v) is 3.19. The lowest BCUT2D eigenvalue weighted by Gasteiger charge is -2.30. The number of ether oxygens (including phenoxy) is 1. The Bertz CT molecular complexity index is 656. The average molecular weight is 370 g/mol. The van der Waals surface area contributed by atoms with Crippen molar-refractivity contribution in [1.29, 1.82) is 0 Å². The van der Waals surface area contributed by atoms with Gasteiger partial charge < -0.3 is 20.3 Å². The zero-order valence-electron chi connectivity index (χ0n) is 16.4. The van der Waals surface area contributed by atoms with E-state index in [2.05, 4.69) is 58.0 Å². The van der Waals surface area contributed by atoms with Crippen LogP contribution in [0.5, 0.6) is 0 Å². The van der Waals surface area contributed by atoms with Gasteiger partial charge in [0.05, 0.1) is 0 Å². The molecule has 2 aromatic carbocycles. The van der Waals surface area contributed by atoms with Crippen LogP contribution in [0.1, 0.15) is 12.8 Å². The quantitative estimate of drug-likeness (QED) is 0.734. The molecule has 0 amide bonds. The van der Waals surface area contributed by atoms with E-state index in [0.29, 0.717) is 6.47 Å². The number of hydrogen-bond acceptors (Lipinski definition) is 5. The summed E-state index contributed by atoms with van der Waals surface area (Å²) in [5, 5.41) is 6.32. The summed E-state index contributed by atoms with van der Waals surface area (Å²) in [7, 11) is 3.91. The van der Waals surface area contributed by atoms with Gasteiger partial charge >= 0.3 is 0 Å². The summed E-state index contributed by atoms with van der Waals surface area (Å²) in [6, 6.07) is 18.7. The summed E-state index contributed by atoms with van der Waals surface area (Å²) >= 11 is 0. The van der Waals surface area contributed by atoms with Gasteiger partial charge in [0.1, 0.15) is 6.10 Å². The van der Waals surface area contributed by atoms with Crippen molar-refractivity contribution in [2.75, 3.05) is 45.6 Å². The maximum Gasteiger partial charge on any atom is 0.293 e. The van der Waals surface area contributed by atoms with Crippen molar-refractivity contribution in [1.82, 2.24) is 10.2 Å². The van der Waals surface area contributed by atoms with Crippen LogP contribution in [0, 0.1) is 0 Å². The molecule has 1 heterocycles. The molecule has 27 heavy (non-hydrogen) atoms. The minimum Gasteiger partial charge on any atom is -0.464 e. The lowest BCUT2D eigenvalue weighted by molar-refractivity contribution is -0.135. The second-order valence-corrected chi connectivity index (χ2v) is 6.54. The van der Waals surface area contributed by atoms with Crippen LogP contribution in [0.15, 0.2) is 54.6 Å². The minimum absolute atomic E-state index is 0.156. The van der Waals surface area contributed by atoms with Crippen LogP contribution in [0.25, 0.3) is 11.1 Å². The molecule has 1 aliphatic heterocycles. The van der Waals surface area contributed by atoms with Crippen LogP contribution in [-0.2, 0) is 9.53 Å². The molecule has 0 aromatic heterocycles. The van der Waals surface area contributed by atoms with Crippen molar-refractivity contribution >= 4 is 12.2 Å². The summed E-state index contributed by atoms with van der Waals surface area (Å²) in [6.45, 7) is 4.76. The SMILES string of the molecule is CNCCN1CCC(OC=O)CC1.CNc1ccccc1-c1ccccc1. The molecule has 0 saturated carbocycles. The number of likely N-dealkylation sites (N-methyl/N-ethyl adjacent to an activating group) is 1. The Morgan fingerprint density at radius 1 is 1.04 bits per heavy atom. The van der Waals surface area contributed by atoms with Crippen LogP contribution in [0.2, 0.25) is 0 Å². The molecule has 5 nitrogen and oxygen atoms in total. The van der Waals surface area contributed by atoms with Gasteiger partial charge in [0.15, 0.2) is 0 Å². The molecule has 1 saturated heterocycles. The maximum absolute atomic E-state index is 10.1. The van der Waals surface area contributed by atoms with Gasteiger partial charge in [0, 0.05) is 44.5 Å². The third kappa shape index (κ3) is 7.04. The lowest BCUT2D eigenvalue weighted by Crippen LogP contribution is -2.39. The number of benzene rings is 2. The van der Waals surface area contributed by atoms with Crippen molar-refractivity contribution < 1.29 is 9.53 Å². The number of nitrogens with zero attached hydrogens (tertiary/aromatic N) is 1. The minimum atomic E-state index is 0.156. The molecule has 3 rings (SSSR count). The van der Waals surface area contributed by atoms with E-state index in [-0.39, 0.29) is 6.10 Å². The first-order valence-electron chi connectivity index (χ1n) is 9.56. The normalized spacial score (nSPS) is 14.7. The van der Waals surface area contributed by atoms with Gasteiger partial charge in [-0.15, -0.1) is 0 Å². The average Bonchev–Trinajstić information content (AvgIpc) is 2.74. The number of anilines is 1. The van der Waals surface area contributed by atoms with Crippen molar-refractivity contribution in [2.24, 2.45) is 0 Å². The predicted molar refractivity (Wildman–Crippen MR) is 112 cm³/mol. The van der Waals surface area contributed by atoms with E-state index >= 15 is 0 Å². The van der Waals surface area contributed by atoms with E-state index in [9.17, 15) is 4.79 Å². The molecule has 0 radical (unpaired) electrons. The Labute approximate surface area is 162 Å². The number of para-hydroxylation sites is 1. The summed E-state index contributed by atoms with van der Waals surface area (Å²) in [6.07, 6.45) is 2.11. The van der Waals surface area contributed by atoms with E-state index in [1.165, 1.54) is 16.8 Å². The molecule has 1 fully saturated rings. The van der Waals surface area contributed by atoms with E-state index in [4.69, 9.17) is 4.74 Å². The number of nitrogens with one attached hydrogen (secondary N) is 2. The monoisotopic (exact) mass is 369 g/mol. The topological polar surface area (TPSA) is 53.6 Å². The predicted octanol–water partition coefficient (Wildman–Crippen LogP) is 3.24. The van der Waals surface area contributed by atoms with Gasteiger partial charge in [-0.25, -0.2) is 0 Å². The first-order valence-corrected chi connectivity index (χ1v) is 9.56. The number of carbonyl (C=O) groups excluding carboxylic acids is 1. The van der Waals surface area contributed by atoms with E-state index in [1.807, 2.05) is 26.2 Å². The molecule has 0 aliphatic carbocycles. The molecule has 0 unspecified atom stereocenters. The second-order valence-electron chi connectivity index (χ2n) is 6.54. The van der Waals surface area contributed by atoms with Crippen LogP contribution in [0.3, 0.4) is 0 Å². The Kier molecular flexibility index (Phi) is 9.38. The molecule has 5 heteroatoms. The number of rotatable bonds is 7. The van der Waals surface area contributed by atoms with Crippen LogP contribution in [-0.4, -0.2) is 57.8 Å². The summed E-state index contributed by atoms with van der Waals surface area (Å²) in [5.41, 5.74) is 3.66. The highest BCUT2D eigenvalue weighted by molar-refractivity contribution is 5.77. The number of piperidine rings is 1. The van der Waals surface area contributed by atoms with E-state index in [0.717, 1.165) is 39.0 Å². The number of likely N-dealkylation sites (tertiary alicyclic amines) is 1. The zero-order valence-corrected chi connectivity index (χ0v) is 16.4. The van der Waals surface area contributed by atoms with Gasteiger partial charge in [-0.1, -0.05) is 48.5 Å².